The van der Waals surface area contributed by atoms with Crippen molar-refractivity contribution < 1.29 is 18.7 Å². The maximum Gasteiger partial charge on any atom is 0.351 e. The van der Waals surface area contributed by atoms with Crippen LogP contribution >= 0.6 is 0 Å². The molecule has 1 aliphatic rings. The third-order valence-corrected chi connectivity index (χ3v) is 2.99. The second-order valence-electron chi connectivity index (χ2n) is 4.18. The number of aromatic nitrogens is 2. The monoisotopic (exact) mass is 276 g/mol. The molecule has 1 N–H and O–H groups in total. The Morgan fingerprint density at radius 2 is 2.30 bits per heavy atom. The number of nitrogens with zero attached hydrogens (tertiary/aromatic N) is 1. The van der Waals surface area contributed by atoms with Crippen molar-refractivity contribution >= 4 is 5.97 Å². The van der Waals surface area contributed by atoms with Crippen LogP contribution in [0.3, 0.4) is 0 Å². The molecule has 0 spiro atoms. The van der Waals surface area contributed by atoms with E-state index in [0.29, 0.717) is 16.8 Å². The van der Waals surface area contributed by atoms with Crippen LogP contribution in [-0.4, -0.2) is 23.0 Å². The van der Waals surface area contributed by atoms with Gasteiger partial charge in [-0.15, -0.1) is 0 Å². The number of H-pyrrole nitrogens is 1. The summed E-state index contributed by atoms with van der Waals surface area (Å²) in [7, 11) is 1.23. The van der Waals surface area contributed by atoms with Crippen molar-refractivity contribution in [2.24, 2.45) is 0 Å². The molecule has 2 heterocycles. The van der Waals surface area contributed by atoms with E-state index in [1.807, 2.05) is 0 Å². The van der Waals surface area contributed by atoms with E-state index >= 15 is 0 Å². The molecule has 0 radical (unpaired) electrons. The molecule has 0 saturated carbocycles. The Hall–Kier alpha value is -2.70. The Balaban J connectivity index is 2.26. The van der Waals surface area contributed by atoms with E-state index < -0.39 is 23.6 Å². The molecular formula is C13H9FN2O4. The zero-order chi connectivity index (χ0) is 14.3. The van der Waals surface area contributed by atoms with E-state index in [9.17, 15) is 14.0 Å². The standard InChI is InChI=1S/C13H9FN2O4/c1-19-12(17)11-8-5-15-13(18)16-10(8)7-4-6(14)2-3-9(7)20-11/h2-5,11H,1H3,(H,15,16,18)/t11-/m0/s1. The maximum atomic E-state index is 13.4. The second-order valence-corrected chi connectivity index (χ2v) is 4.18. The number of hydrogen-bond acceptors (Lipinski definition) is 5. The predicted molar refractivity (Wildman–Crippen MR) is 65.6 cm³/mol. The fourth-order valence-electron chi connectivity index (χ4n) is 2.10. The third kappa shape index (κ3) is 1.83. The highest BCUT2D eigenvalue weighted by Gasteiger charge is 2.33. The Labute approximate surface area is 112 Å². The lowest BCUT2D eigenvalue weighted by Crippen LogP contribution is -2.27. The van der Waals surface area contributed by atoms with Crippen molar-refractivity contribution in [3.05, 3.63) is 46.3 Å². The van der Waals surface area contributed by atoms with Gasteiger partial charge in [0.25, 0.3) is 0 Å². The number of nitrogens with one attached hydrogen (secondary N) is 1. The average molecular weight is 276 g/mol. The number of rotatable bonds is 1. The summed E-state index contributed by atoms with van der Waals surface area (Å²) in [6.45, 7) is 0. The van der Waals surface area contributed by atoms with E-state index in [1.165, 1.54) is 31.5 Å². The van der Waals surface area contributed by atoms with Crippen LogP contribution in [0.2, 0.25) is 0 Å². The number of methoxy groups -OCH3 is 1. The number of aromatic amines is 1. The van der Waals surface area contributed by atoms with Gasteiger partial charge in [0.1, 0.15) is 11.6 Å². The number of carbonyl (C=O) groups excluding carboxylic acids is 1. The zero-order valence-corrected chi connectivity index (χ0v) is 10.3. The summed E-state index contributed by atoms with van der Waals surface area (Å²) in [4.78, 5) is 29.2. The van der Waals surface area contributed by atoms with Crippen molar-refractivity contribution in [2.45, 2.75) is 6.10 Å². The SMILES string of the molecule is COC(=O)[C@H]1Oc2ccc(F)cc2-c2[nH]c(=O)ncc21. The van der Waals surface area contributed by atoms with E-state index in [1.54, 1.807) is 0 Å². The molecule has 0 fully saturated rings. The van der Waals surface area contributed by atoms with E-state index in [2.05, 4.69) is 14.7 Å². The summed E-state index contributed by atoms with van der Waals surface area (Å²) in [5.41, 5.74) is 0.403. The first-order chi connectivity index (χ1) is 9.60. The van der Waals surface area contributed by atoms with Crippen LogP contribution in [0.1, 0.15) is 11.7 Å². The number of hydrogen-bond donors (Lipinski definition) is 1. The zero-order valence-electron chi connectivity index (χ0n) is 10.3. The third-order valence-electron chi connectivity index (χ3n) is 2.99. The quantitative estimate of drug-likeness (QED) is 0.791. The lowest BCUT2D eigenvalue weighted by atomic mass is 9.99. The number of benzene rings is 1. The molecule has 0 saturated heterocycles. The Bertz CT molecular complexity index is 756. The highest BCUT2D eigenvalue weighted by Crippen LogP contribution is 2.40. The highest BCUT2D eigenvalue weighted by atomic mass is 19.1. The van der Waals surface area contributed by atoms with Crippen LogP contribution in [0.15, 0.2) is 29.2 Å². The smallest absolute Gasteiger partial charge is 0.351 e. The van der Waals surface area contributed by atoms with E-state index in [4.69, 9.17) is 4.74 Å². The molecule has 3 rings (SSSR count). The molecule has 1 aromatic carbocycles. The summed E-state index contributed by atoms with van der Waals surface area (Å²) in [5.74, 6) is -0.821. The van der Waals surface area contributed by atoms with Crippen LogP contribution in [0.4, 0.5) is 4.39 Å². The lowest BCUT2D eigenvalue weighted by molar-refractivity contribution is -0.149. The summed E-state index contributed by atoms with van der Waals surface area (Å²) in [6, 6.07) is 3.82. The Morgan fingerprint density at radius 1 is 1.50 bits per heavy atom. The van der Waals surface area contributed by atoms with Gasteiger partial charge in [-0.25, -0.2) is 19.0 Å². The molecule has 20 heavy (non-hydrogen) atoms. The molecule has 2 aromatic rings. The minimum Gasteiger partial charge on any atom is -0.473 e. The van der Waals surface area contributed by atoms with Gasteiger partial charge in [0.2, 0.25) is 6.10 Å². The fourth-order valence-corrected chi connectivity index (χ4v) is 2.10. The maximum absolute atomic E-state index is 13.4. The molecule has 0 bridgehead atoms. The predicted octanol–water partition coefficient (Wildman–Crippen LogP) is 1.18. The highest BCUT2D eigenvalue weighted by molar-refractivity contribution is 5.83. The Kier molecular flexibility index (Phi) is 2.74. The van der Waals surface area contributed by atoms with Crippen LogP contribution in [0, 0.1) is 5.82 Å². The molecule has 1 atom stereocenters. The molecule has 6 nitrogen and oxygen atoms in total. The molecule has 0 unspecified atom stereocenters. The number of esters is 1. The minimum absolute atomic E-state index is 0.288. The van der Waals surface area contributed by atoms with Crippen molar-refractivity contribution in [3.63, 3.8) is 0 Å². The normalized spacial score (nSPS) is 15.8. The molecular weight excluding hydrogens is 267 g/mol. The molecule has 102 valence electrons. The molecule has 0 aliphatic carbocycles. The minimum atomic E-state index is -1.04. The van der Waals surface area contributed by atoms with Crippen molar-refractivity contribution in [2.75, 3.05) is 7.11 Å². The van der Waals surface area contributed by atoms with Crippen molar-refractivity contribution in [1.29, 1.82) is 0 Å². The molecule has 7 heteroatoms. The molecule has 0 amide bonds. The first-order valence-corrected chi connectivity index (χ1v) is 5.74. The van der Waals surface area contributed by atoms with Gasteiger partial charge < -0.3 is 14.5 Å². The number of halogens is 1. The summed E-state index contributed by atoms with van der Waals surface area (Å²) in [6.07, 6.45) is 0.182. The van der Waals surface area contributed by atoms with Gasteiger partial charge in [-0.3, -0.25) is 0 Å². The number of fused-ring (bicyclic) bond motifs is 3. The van der Waals surface area contributed by atoms with Crippen LogP contribution < -0.4 is 10.4 Å². The molecule has 1 aliphatic heterocycles. The number of carbonyl (C=O) groups is 1. The topological polar surface area (TPSA) is 81.3 Å². The lowest BCUT2D eigenvalue weighted by Gasteiger charge is -2.25. The van der Waals surface area contributed by atoms with Gasteiger partial charge in [0.05, 0.1) is 12.8 Å². The average Bonchev–Trinajstić information content (AvgIpc) is 2.45. The number of ether oxygens (including phenoxy) is 2. The van der Waals surface area contributed by atoms with Crippen LogP contribution in [0.5, 0.6) is 5.75 Å². The van der Waals surface area contributed by atoms with Gasteiger partial charge in [-0.05, 0) is 18.2 Å². The fraction of sp³-hybridized carbons (Fsp3) is 0.154. The first-order valence-electron chi connectivity index (χ1n) is 5.74. The van der Waals surface area contributed by atoms with Gasteiger partial charge in [-0.2, -0.15) is 0 Å². The van der Waals surface area contributed by atoms with E-state index in [-0.39, 0.29) is 5.75 Å². The first kappa shape index (κ1) is 12.3. The van der Waals surface area contributed by atoms with Gasteiger partial charge in [-0.1, -0.05) is 0 Å². The Morgan fingerprint density at radius 3 is 3.05 bits per heavy atom. The summed E-state index contributed by atoms with van der Waals surface area (Å²) < 4.78 is 23.5. The molecule has 1 aromatic heterocycles. The van der Waals surface area contributed by atoms with Crippen LogP contribution in [-0.2, 0) is 9.53 Å². The van der Waals surface area contributed by atoms with Crippen LogP contribution in [0.25, 0.3) is 11.3 Å². The van der Waals surface area contributed by atoms with Gasteiger partial charge >= 0.3 is 11.7 Å². The van der Waals surface area contributed by atoms with Crippen molar-refractivity contribution in [3.8, 4) is 17.0 Å². The van der Waals surface area contributed by atoms with E-state index in [0.717, 1.165) is 0 Å². The van der Waals surface area contributed by atoms with Gasteiger partial charge in [0, 0.05) is 17.3 Å². The largest absolute Gasteiger partial charge is 0.473 e. The summed E-state index contributed by atoms with van der Waals surface area (Å²) >= 11 is 0. The van der Waals surface area contributed by atoms with Crippen molar-refractivity contribution in [1.82, 2.24) is 9.97 Å². The van der Waals surface area contributed by atoms with Gasteiger partial charge in [0.15, 0.2) is 0 Å². The second kappa shape index (κ2) is 4.44. The summed E-state index contributed by atoms with van der Waals surface area (Å²) in [5, 5.41) is 0.